The van der Waals surface area contributed by atoms with E-state index in [0.29, 0.717) is 28.8 Å². The molecule has 0 bridgehead atoms. The maximum Gasteiger partial charge on any atom is 0.255 e. The van der Waals surface area contributed by atoms with E-state index in [-0.39, 0.29) is 23.5 Å². The largest absolute Gasteiger partial charge is 0.322 e. The number of carbonyl (C=O) groups is 1. The average Bonchev–Trinajstić information content (AvgIpc) is 3.51. The normalized spacial score (nSPS) is 16.5. The van der Waals surface area contributed by atoms with Crippen LogP contribution in [0.4, 0.5) is 10.1 Å². The van der Waals surface area contributed by atoms with Crippen molar-refractivity contribution in [2.75, 3.05) is 16.8 Å². The minimum Gasteiger partial charge on any atom is -0.322 e. The number of benzene rings is 3. The zero-order chi connectivity index (χ0) is 26.0. The number of amides is 1. The number of hydrogen-bond donors (Lipinski definition) is 1. The van der Waals surface area contributed by atoms with Crippen molar-refractivity contribution in [2.45, 2.75) is 32.2 Å². The molecular weight excluding hydrogens is 489 g/mol. The van der Waals surface area contributed by atoms with Crippen LogP contribution in [0.3, 0.4) is 0 Å². The Morgan fingerprint density at radius 1 is 1.03 bits per heavy atom. The highest BCUT2D eigenvalue weighted by Crippen LogP contribution is 2.29. The molecule has 0 aliphatic carbocycles. The van der Waals surface area contributed by atoms with Crippen molar-refractivity contribution in [3.05, 3.63) is 96.1 Å². The van der Waals surface area contributed by atoms with Crippen LogP contribution in [0, 0.1) is 5.82 Å². The number of nitrogens with zero attached hydrogens (tertiary/aromatic N) is 2. The van der Waals surface area contributed by atoms with Crippen molar-refractivity contribution in [1.29, 1.82) is 0 Å². The van der Waals surface area contributed by atoms with Gasteiger partial charge in [-0.25, -0.2) is 12.8 Å². The van der Waals surface area contributed by atoms with Gasteiger partial charge in [-0.15, -0.1) is 0 Å². The number of sulfone groups is 1. The molecular formula is C29H28FN3O3S. The standard InChI is InChI=1S/C29H28FN3O3S/c1-2-3-20-4-6-21(7-5-20)22-8-10-23(11-9-22)29(34)32-25-12-13-27(28(30)16-25)24-17-31-33(18-24)26-14-15-37(35,36)19-26/h4-13,16-18,26H,2-3,14-15,19H2,1H3,(H,32,34). The van der Waals surface area contributed by atoms with Crippen molar-refractivity contribution in [3.63, 3.8) is 0 Å². The number of carbonyl (C=O) groups excluding carboxylic acids is 1. The van der Waals surface area contributed by atoms with Gasteiger partial charge in [0, 0.05) is 28.6 Å². The van der Waals surface area contributed by atoms with Gasteiger partial charge in [-0.05, 0) is 59.9 Å². The van der Waals surface area contributed by atoms with E-state index in [1.165, 1.54) is 17.8 Å². The van der Waals surface area contributed by atoms with Crippen LogP contribution in [-0.2, 0) is 16.3 Å². The molecule has 2 heterocycles. The fourth-order valence-corrected chi connectivity index (χ4v) is 6.36. The van der Waals surface area contributed by atoms with Gasteiger partial charge >= 0.3 is 0 Å². The Kier molecular flexibility index (Phi) is 6.93. The number of nitrogens with one attached hydrogen (secondary N) is 1. The first-order valence-corrected chi connectivity index (χ1v) is 14.2. The quantitative estimate of drug-likeness (QED) is 0.330. The predicted octanol–water partition coefficient (Wildman–Crippen LogP) is 5.92. The molecule has 1 aromatic heterocycles. The van der Waals surface area contributed by atoms with Gasteiger partial charge < -0.3 is 5.32 Å². The second-order valence-corrected chi connectivity index (χ2v) is 11.7. The molecule has 1 N–H and O–H groups in total. The molecule has 8 heteroatoms. The summed E-state index contributed by atoms with van der Waals surface area (Å²) in [5, 5.41) is 7.00. The fourth-order valence-electron chi connectivity index (χ4n) is 4.66. The van der Waals surface area contributed by atoms with Gasteiger partial charge in [0.1, 0.15) is 5.82 Å². The third kappa shape index (κ3) is 5.64. The van der Waals surface area contributed by atoms with Crippen LogP contribution >= 0.6 is 0 Å². The second-order valence-electron chi connectivity index (χ2n) is 9.44. The summed E-state index contributed by atoms with van der Waals surface area (Å²) in [6, 6.07) is 20.0. The van der Waals surface area contributed by atoms with Crippen molar-refractivity contribution < 1.29 is 17.6 Å². The molecule has 1 unspecified atom stereocenters. The highest BCUT2D eigenvalue weighted by Gasteiger charge is 2.29. The lowest BCUT2D eigenvalue weighted by atomic mass is 10.0. The molecule has 6 nitrogen and oxygen atoms in total. The Labute approximate surface area is 216 Å². The summed E-state index contributed by atoms with van der Waals surface area (Å²) in [6.07, 6.45) is 5.86. The molecule has 3 aromatic carbocycles. The second kappa shape index (κ2) is 10.3. The lowest BCUT2D eigenvalue weighted by Gasteiger charge is -2.09. The van der Waals surface area contributed by atoms with E-state index in [4.69, 9.17) is 0 Å². The van der Waals surface area contributed by atoms with Gasteiger partial charge in [-0.2, -0.15) is 5.10 Å². The lowest BCUT2D eigenvalue weighted by molar-refractivity contribution is 0.102. The zero-order valence-corrected chi connectivity index (χ0v) is 21.3. The van der Waals surface area contributed by atoms with Crippen LogP contribution in [0.1, 0.15) is 41.7 Å². The summed E-state index contributed by atoms with van der Waals surface area (Å²) in [5.74, 6) is -0.635. The molecule has 0 spiro atoms. The first-order chi connectivity index (χ1) is 17.8. The predicted molar refractivity (Wildman–Crippen MR) is 144 cm³/mol. The zero-order valence-electron chi connectivity index (χ0n) is 20.5. The summed E-state index contributed by atoms with van der Waals surface area (Å²) >= 11 is 0. The van der Waals surface area contributed by atoms with E-state index in [1.54, 1.807) is 35.1 Å². The highest BCUT2D eigenvalue weighted by molar-refractivity contribution is 7.91. The van der Waals surface area contributed by atoms with Crippen LogP contribution in [0.2, 0.25) is 0 Å². The molecule has 190 valence electrons. The Morgan fingerprint density at radius 3 is 2.35 bits per heavy atom. The summed E-state index contributed by atoms with van der Waals surface area (Å²) < 4.78 is 40.0. The monoisotopic (exact) mass is 517 g/mol. The molecule has 4 aromatic rings. The van der Waals surface area contributed by atoms with Gasteiger partial charge in [0.15, 0.2) is 9.84 Å². The number of hydrogen-bond acceptors (Lipinski definition) is 4. The maximum atomic E-state index is 14.9. The lowest BCUT2D eigenvalue weighted by Crippen LogP contribution is -2.12. The first-order valence-electron chi connectivity index (χ1n) is 12.4. The SMILES string of the molecule is CCCc1ccc(-c2ccc(C(=O)Nc3ccc(-c4cnn(C5CCS(=O)(=O)C5)c4)c(F)c3)cc2)cc1. The fraction of sp³-hybridized carbons (Fsp3) is 0.241. The molecule has 1 saturated heterocycles. The number of aromatic nitrogens is 2. The summed E-state index contributed by atoms with van der Waals surface area (Å²) in [4.78, 5) is 12.8. The van der Waals surface area contributed by atoms with E-state index >= 15 is 0 Å². The van der Waals surface area contributed by atoms with E-state index in [1.807, 2.05) is 12.1 Å². The Morgan fingerprint density at radius 2 is 1.73 bits per heavy atom. The highest BCUT2D eigenvalue weighted by atomic mass is 32.2. The topological polar surface area (TPSA) is 81.1 Å². The van der Waals surface area contributed by atoms with Gasteiger partial charge in [0.2, 0.25) is 0 Å². The minimum absolute atomic E-state index is 0.0494. The molecule has 1 aliphatic heterocycles. The molecule has 0 radical (unpaired) electrons. The van der Waals surface area contributed by atoms with E-state index in [0.717, 1.165) is 24.0 Å². The molecule has 0 saturated carbocycles. The summed E-state index contributed by atoms with van der Waals surface area (Å²) in [5.41, 5.74) is 5.11. The molecule has 1 amide bonds. The Bertz CT molecular complexity index is 1530. The number of rotatable bonds is 7. The molecule has 37 heavy (non-hydrogen) atoms. The van der Waals surface area contributed by atoms with Crippen molar-refractivity contribution in [3.8, 4) is 22.3 Å². The molecule has 1 atom stereocenters. The van der Waals surface area contributed by atoms with Crippen LogP contribution in [-0.4, -0.2) is 35.6 Å². The van der Waals surface area contributed by atoms with Gasteiger partial charge in [-0.1, -0.05) is 49.7 Å². The van der Waals surface area contributed by atoms with Gasteiger partial charge in [-0.3, -0.25) is 9.48 Å². The van der Waals surface area contributed by atoms with Gasteiger partial charge in [0.05, 0.1) is 23.7 Å². The first kappa shape index (κ1) is 24.9. The number of aryl methyl sites for hydroxylation is 1. The van der Waals surface area contributed by atoms with Crippen LogP contribution in [0.15, 0.2) is 79.1 Å². The van der Waals surface area contributed by atoms with E-state index in [2.05, 4.69) is 41.6 Å². The van der Waals surface area contributed by atoms with Crippen molar-refractivity contribution in [2.24, 2.45) is 0 Å². The number of halogens is 1. The van der Waals surface area contributed by atoms with Crippen molar-refractivity contribution in [1.82, 2.24) is 9.78 Å². The maximum absolute atomic E-state index is 14.9. The van der Waals surface area contributed by atoms with E-state index in [9.17, 15) is 17.6 Å². The smallest absolute Gasteiger partial charge is 0.255 e. The third-order valence-electron chi connectivity index (χ3n) is 6.70. The molecule has 1 fully saturated rings. The van der Waals surface area contributed by atoms with Crippen LogP contribution < -0.4 is 5.32 Å². The third-order valence-corrected chi connectivity index (χ3v) is 8.45. The Hall–Kier alpha value is -3.78. The average molecular weight is 518 g/mol. The summed E-state index contributed by atoms with van der Waals surface area (Å²) in [7, 11) is -3.04. The molecule has 5 rings (SSSR count). The number of anilines is 1. The van der Waals surface area contributed by atoms with Crippen LogP contribution in [0.25, 0.3) is 22.3 Å². The van der Waals surface area contributed by atoms with Gasteiger partial charge in [0.25, 0.3) is 5.91 Å². The van der Waals surface area contributed by atoms with Crippen molar-refractivity contribution >= 4 is 21.4 Å². The van der Waals surface area contributed by atoms with Crippen LogP contribution in [0.5, 0.6) is 0 Å². The van der Waals surface area contributed by atoms with E-state index < -0.39 is 15.7 Å². The Balaban J connectivity index is 1.25. The minimum atomic E-state index is -3.04. The molecule has 1 aliphatic rings. The summed E-state index contributed by atoms with van der Waals surface area (Å²) in [6.45, 7) is 2.16.